The van der Waals surface area contributed by atoms with Gasteiger partial charge in [0.15, 0.2) is 0 Å². The standard InChI is InChI=1S/C14H15BrFNS/c1-17-11(9-12-5-3-7-18-12)8-10-4-2-6-13(16)14(10)15/h2-7,11,17H,8-9H2,1H3. The summed E-state index contributed by atoms with van der Waals surface area (Å²) in [5.41, 5.74) is 1.01. The van der Waals surface area contributed by atoms with Crippen molar-refractivity contribution in [3.8, 4) is 0 Å². The Morgan fingerprint density at radius 3 is 2.78 bits per heavy atom. The minimum Gasteiger partial charge on any atom is -0.316 e. The van der Waals surface area contributed by atoms with Crippen molar-refractivity contribution < 1.29 is 4.39 Å². The van der Waals surface area contributed by atoms with Gasteiger partial charge in [0.05, 0.1) is 4.47 Å². The normalized spacial score (nSPS) is 12.6. The van der Waals surface area contributed by atoms with Crippen LogP contribution in [-0.2, 0) is 12.8 Å². The lowest BCUT2D eigenvalue weighted by atomic mass is 10.0. The molecule has 1 aromatic carbocycles. The van der Waals surface area contributed by atoms with Crippen LogP contribution in [0.5, 0.6) is 0 Å². The molecule has 1 N–H and O–H groups in total. The first-order valence-electron chi connectivity index (χ1n) is 5.83. The molecule has 0 aliphatic rings. The molecule has 0 saturated heterocycles. The molecule has 1 aromatic heterocycles. The lowest BCUT2D eigenvalue weighted by Gasteiger charge is -2.16. The third-order valence-electron chi connectivity index (χ3n) is 2.93. The second-order valence-electron chi connectivity index (χ2n) is 4.19. The Kier molecular flexibility index (Phi) is 4.92. The van der Waals surface area contributed by atoms with Gasteiger partial charge in [-0.2, -0.15) is 0 Å². The van der Waals surface area contributed by atoms with Gasteiger partial charge in [-0.05, 0) is 58.9 Å². The first kappa shape index (κ1) is 13.7. The summed E-state index contributed by atoms with van der Waals surface area (Å²) in [5.74, 6) is -0.196. The molecule has 18 heavy (non-hydrogen) atoms. The first-order chi connectivity index (χ1) is 8.70. The highest BCUT2D eigenvalue weighted by molar-refractivity contribution is 9.10. The summed E-state index contributed by atoms with van der Waals surface area (Å²) < 4.78 is 14.0. The molecule has 1 heterocycles. The summed E-state index contributed by atoms with van der Waals surface area (Å²) in [6, 6.07) is 9.71. The maximum absolute atomic E-state index is 13.4. The Morgan fingerprint density at radius 1 is 1.28 bits per heavy atom. The topological polar surface area (TPSA) is 12.0 Å². The molecular formula is C14H15BrFNS. The molecule has 0 aliphatic carbocycles. The molecule has 96 valence electrons. The van der Waals surface area contributed by atoms with Crippen LogP contribution in [0.3, 0.4) is 0 Å². The molecule has 2 rings (SSSR count). The van der Waals surface area contributed by atoms with Crippen molar-refractivity contribution in [3.63, 3.8) is 0 Å². The number of nitrogens with one attached hydrogen (secondary N) is 1. The second-order valence-corrected chi connectivity index (χ2v) is 6.01. The van der Waals surface area contributed by atoms with E-state index in [0.29, 0.717) is 10.5 Å². The van der Waals surface area contributed by atoms with Crippen molar-refractivity contribution >= 4 is 27.3 Å². The van der Waals surface area contributed by atoms with E-state index in [1.165, 1.54) is 10.9 Å². The monoisotopic (exact) mass is 327 g/mol. The lowest BCUT2D eigenvalue weighted by Crippen LogP contribution is -2.29. The zero-order chi connectivity index (χ0) is 13.0. The molecule has 0 aliphatic heterocycles. The minimum absolute atomic E-state index is 0.196. The molecule has 2 aromatic rings. The third-order valence-corrected chi connectivity index (χ3v) is 4.72. The fraction of sp³-hybridized carbons (Fsp3) is 0.286. The van der Waals surface area contributed by atoms with Crippen molar-refractivity contribution in [2.24, 2.45) is 0 Å². The number of benzene rings is 1. The summed E-state index contributed by atoms with van der Waals surface area (Å²) in [6.45, 7) is 0. The van der Waals surface area contributed by atoms with Gasteiger partial charge in [0.1, 0.15) is 5.82 Å². The summed E-state index contributed by atoms with van der Waals surface area (Å²) in [4.78, 5) is 1.35. The van der Waals surface area contributed by atoms with Crippen LogP contribution in [0, 0.1) is 5.82 Å². The first-order valence-corrected chi connectivity index (χ1v) is 7.50. The highest BCUT2D eigenvalue weighted by atomic mass is 79.9. The van der Waals surface area contributed by atoms with Gasteiger partial charge in [0.2, 0.25) is 0 Å². The van der Waals surface area contributed by atoms with Crippen LogP contribution in [0.1, 0.15) is 10.4 Å². The molecule has 1 nitrogen and oxygen atoms in total. The Balaban J connectivity index is 2.08. The zero-order valence-corrected chi connectivity index (χ0v) is 12.5. The third kappa shape index (κ3) is 3.40. The molecule has 0 bridgehead atoms. The van der Waals surface area contributed by atoms with E-state index in [9.17, 15) is 4.39 Å². The second kappa shape index (κ2) is 6.45. The van der Waals surface area contributed by atoms with Crippen LogP contribution in [-0.4, -0.2) is 13.1 Å². The van der Waals surface area contributed by atoms with E-state index in [-0.39, 0.29) is 5.82 Å². The van der Waals surface area contributed by atoms with Gasteiger partial charge < -0.3 is 5.32 Å². The summed E-state index contributed by atoms with van der Waals surface area (Å²) in [6.07, 6.45) is 1.78. The van der Waals surface area contributed by atoms with E-state index in [1.54, 1.807) is 17.4 Å². The number of hydrogen-bond donors (Lipinski definition) is 1. The van der Waals surface area contributed by atoms with Crippen molar-refractivity contribution in [3.05, 3.63) is 56.4 Å². The zero-order valence-electron chi connectivity index (χ0n) is 10.1. The molecule has 1 unspecified atom stereocenters. The van der Waals surface area contributed by atoms with Crippen molar-refractivity contribution in [1.82, 2.24) is 5.32 Å². The summed E-state index contributed by atoms with van der Waals surface area (Å²) >= 11 is 5.07. The minimum atomic E-state index is -0.196. The van der Waals surface area contributed by atoms with Gasteiger partial charge >= 0.3 is 0 Å². The number of thiophene rings is 1. The van der Waals surface area contributed by atoms with Crippen LogP contribution < -0.4 is 5.32 Å². The highest BCUT2D eigenvalue weighted by Gasteiger charge is 2.12. The van der Waals surface area contributed by atoms with E-state index in [2.05, 4.69) is 38.8 Å². The fourth-order valence-electron chi connectivity index (χ4n) is 1.92. The van der Waals surface area contributed by atoms with Crippen LogP contribution in [0.25, 0.3) is 0 Å². The van der Waals surface area contributed by atoms with Gasteiger partial charge in [-0.15, -0.1) is 11.3 Å². The molecular weight excluding hydrogens is 313 g/mol. The quantitative estimate of drug-likeness (QED) is 0.874. The van der Waals surface area contributed by atoms with Crippen LogP contribution in [0.2, 0.25) is 0 Å². The van der Waals surface area contributed by atoms with Crippen LogP contribution >= 0.6 is 27.3 Å². The average Bonchev–Trinajstić information content (AvgIpc) is 2.86. The fourth-order valence-corrected chi connectivity index (χ4v) is 3.13. The van der Waals surface area contributed by atoms with Gasteiger partial charge in [-0.3, -0.25) is 0 Å². The largest absolute Gasteiger partial charge is 0.316 e. The number of halogens is 2. The Bertz CT molecular complexity index is 499. The smallest absolute Gasteiger partial charge is 0.137 e. The Hall–Kier alpha value is -0.710. The van der Waals surface area contributed by atoms with Gasteiger partial charge in [0, 0.05) is 10.9 Å². The molecule has 4 heteroatoms. The number of likely N-dealkylation sites (N-methyl/N-ethyl adjacent to an activating group) is 1. The maximum Gasteiger partial charge on any atom is 0.137 e. The molecule has 0 amide bonds. The Labute approximate surface area is 119 Å². The van der Waals surface area contributed by atoms with E-state index in [1.807, 2.05) is 13.1 Å². The number of hydrogen-bond acceptors (Lipinski definition) is 2. The average molecular weight is 328 g/mol. The van der Waals surface area contributed by atoms with Crippen molar-refractivity contribution in [2.45, 2.75) is 18.9 Å². The van der Waals surface area contributed by atoms with Gasteiger partial charge in [-0.1, -0.05) is 18.2 Å². The van der Waals surface area contributed by atoms with Gasteiger partial charge in [-0.25, -0.2) is 4.39 Å². The van der Waals surface area contributed by atoms with Crippen molar-refractivity contribution in [2.75, 3.05) is 7.05 Å². The van der Waals surface area contributed by atoms with Crippen molar-refractivity contribution in [1.29, 1.82) is 0 Å². The molecule has 0 spiro atoms. The summed E-state index contributed by atoms with van der Waals surface area (Å²) in [5, 5.41) is 5.38. The molecule has 0 radical (unpaired) electrons. The van der Waals surface area contributed by atoms with E-state index < -0.39 is 0 Å². The van der Waals surface area contributed by atoms with Crippen LogP contribution in [0.15, 0.2) is 40.2 Å². The highest BCUT2D eigenvalue weighted by Crippen LogP contribution is 2.22. The molecule has 1 atom stereocenters. The summed E-state index contributed by atoms with van der Waals surface area (Å²) in [7, 11) is 1.95. The van der Waals surface area contributed by atoms with E-state index in [0.717, 1.165) is 18.4 Å². The Morgan fingerprint density at radius 2 is 2.11 bits per heavy atom. The predicted octanol–water partition coefficient (Wildman–Crippen LogP) is 4.02. The molecule has 0 fully saturated rings. The van der Waals surface area contributed by atoms with E-state index >= 15 is 0 Å². The predicted molar refractivity (Wildman–Crippen MR) is 78.7 cm³/mol. The van der Waals surface area contributed by atoms with Crippen LogP contribution in [0.4, 0.5) is 4.39 Å². The maximum atomic E-state index is 13.4. The lowest BCUT2D eigenvalue weighted by molar-refractivity contribution is 0.554. The SMILES string of the molecule is CNC(Cc1cccs1)Cc1cccc(F)c1Br. The number of rotatable bonds is 5. The van der Waals surface area contributed by atoms with E-state index in [4.69, 9.17) is 0 Å². The van der Waals surface area contributed by atoms with Gasteiger partial charge in [0.25, 0.3) is 0 Å². The molecule has 0 saturated carbocycles.